The third kappa shape index (κ3) is 3.00. The van der Waals surface area contributed by atoms with E-state index in [1.807, 2.05) is 0 Å². The van der Waals surface area contributed by atoms with Crippen LogP contribution < -0.4 is 5.32 Å². The first kappa shape index (κ1) is 9.19. The van der Waals surface area contributed by atoms with Gasteiger partial charge in [-0.15, -0.1) is 0 Å². The van der Waals surface area contributed by atoms with Gasteiger partial charge in [0.15, 0.2) is 0 Å². The average Bonchev–Trinajstić information content (AvgIpc) is 2.03. The Kier molecular flexibility index (Phi) is 3.22. The van der Waals surface area contributed by atoms with Crippen molar-refractivity contribution in [1.29, 1.82) is 0 Å². The monoisotopic (exact) mass is 230 g/mol. The lowest BCUT2D eigenvalue weighted by Gasteiger charge is -2.02. The molecule has 0 saturated carbocycles. The molecule has 1 aromatic heterocycles. The summed E-state index contributed by atoms with van der Waals surface area (Å²) >= 11 is 3.19. The third-order valence-electron chi connectivity index (χ3n) is 1.19. The first-order valence-electron chi connectivity index (χ1n) is 3.37. The highest BCUT2D eigenvalue weighted by Crippen LogP contribution is 2.06. The number of rotatable bonds is 3. The van der Waals surface area contributed by atoms with E-state index in [1.165, 1.54) is 12.3 Å². The summed E-state index contributed by atoms with van der Waals surface area (Å²) in [4.78, 5) is 3.80. The van der Waals surface area contributed by atoms with E-state index < -0.39 is 0 Å². The predicted octanol–water partition coefficient (Wildman–Crippen LogP) is 2.54. The summed E-state index contributed by atoms with van der Waals surface area (Å²) in [5.41, 5.74) is 0. The molecule has 1 rings (SSSR count). The highest BCUT2D eigenvalue weighted by atomic mass is 79.9. The zero-order chi connectivity index (χ0) is 8.97. The fourth-order valence-corrected chi connectivity index (χ4v) is 0.807. The molecule has 2 nitrogen and oxygen atoms in total. The normalized spacial score (nSPS) is 9.50. The van der Waals surface area contributed by atoms with Gasteiger partial charge in [0, 0.05) is 11.0 Å². The first-order chi connectivity index (χ1) is 5.68. The summed E-state index contributed by atoms with van der Waals surface area (Å²) in [5, 5.41) is 2.95. The minimum absolute atomic E-state index is 0.335. The number of hydrogen-bond acceptors (Lipinski definition) is 2. The lowest BCUT2D eigenvalue weighted by Crippen LogP contribution is -2.02. The summed E-state index contributed by atoms with van der Waals surface area (Å²) in [5.74, 6) is 0.301. The Morgan fingerprint density at radius 2 is 2.42 bits per heavy atom. The number of halogens is 2. The van der Waals surface area contributed by atoms with Crippen LogP contribution in [0.25, 0.3) is 0 Å². The second-order valence-corrected chi connectivity index (χ2v) is 3.35. The smallest absolute Gasteiger partial charge is 0.141 e. The van der Waals surface area contributed by atoms with Crippen LogP contribution in [0.3, 0.4) is 0 Å². The van der Waals surface area contributed by atoms with Crippen molar-refractivity contribution < 1.29 is 4.39 Å². The van der Waals surface area contributed by atoms with Crippen LogP contribution in [0.15, 0.2) is 29.4 Å². The maximum atomic E-state index is 12.4. The van der Waals surface area contributed by atoms with Gasteiger partial charge in [-0.3, -0.25) is 0 Å². The molecule has 0 aliphatic rings. The quantitative estimate of drug-likeness (QED) is 0.864. The van der Waals surface area contributed by atoms with Gasteiger partial charge < -0.3 is 5.32 Å². The molecule has 0 unspecified atom stereocenters. The minimum atomic E-state index is -0.335. The minimum Gasteiger partial charge on any atom is -0.365 e. The van der Waals surface area contributed by atoms with E-state index in [0.717, 1.165) is 4.48 Å². The Morgan fingerprint density at radius 1 is 1.67 bits per heavy atom. The molecule has 0 aromatic carbocycles. The third-order valence-corrected chi connectivity index (χ3v) is 1.47. The largest absolute Gasteiger partial charge is 0.365 e. The summed E-state index contributed by atoms with van der Waals surface area (Å²) in [7, 11) is 0. The molecule has 4 heteroatoms. The van der Waals surface area contributed by atoms with Crippen LogP contribution in [0.5, 0.6) is 0 Å². The molecule has 0 aliphatic carbocycles. The highest BCUT2D eigenvalue weighted by Gasteiger charge is 1.93. The average molecular weight is 231 g/mol. The van der Waals surface area contributed by atoms with Crippen molar-refractivity contribution in [2.75, 3.05) is 11.9 Å². The van der Waals surface area contributed by atoms with Gasteiger partial charge >= 0.3 is 0 Å². The van der Waals surface area contributed by atoms with Crippen molar-refractivity contribution >= 4 is 21.7 Å². The van der Waals surface area contributed by atoms with E-state index in [4.69, 9.17) is 0 Å². The zero-order valence-electron chi connectivity index (χ0n) is 6.35. The van der Waals surface area contributed by atoms with Crippen molar-refractivity contribution in [1.82, 2.24) is 4.98 Å². The van der Waals surface area contributed by atoms with Crippen molar-refractivity contribution in [3.63, 3.8) is 0 Å². The molecule has 1 aromatic rings. The lowest BCUT2D eigenvalue weighted by atomic mass is 10.4. The molecule has 1 N–H and O–H groups in total. The van der Waals surface area contributed by atoms with Crippen molar-refractivity contribution in [3.8, 4) is 0 Å². The number of pyridine rings is 1. The summed E-state index contributed by atoms with van der Waals surface area (Å²) in [6, 6.07) is 2.93. The molecule has 64 valence electrons. The highest BCUT2D eigenvalue weighted by molar-refractivity contribution is 9.11. The van der Waals surface area contributed by atoms with Crippen LogP contribution in [-0.2, 0) is 0 Å². The second kappa shape index (κ2) is 4.21. The summed E-state index contributed by atoms with van der Waals surface area (Å²) in [6.07, 6.45) is 1.17. The molecule has 0 bridgehead atoms. The molecule has 12 heavy (non-hydrogen) atoms. The Morgan fingerprint density at radius 3 is 2.92 bits per heavy atom. The molecule has 0 fully saturated rings. The fourth-order valence-electron chi connectivity index (χ4n) is 0.667. The Balaban J connectivity index is 2.53. The molecule has 0 amide bonds. The van der Waals surface area contributed by atoms with E-state index in [9.17, 15) is 4.39 Å². The number of aromatic nitrogens is 1. The Bertz CT molecular complexity index is 271. The van der Waals surface area contributed by atoms with Gasteiger partial charge in [0.2, 0.25) is 0 Å². The van der Waals surface area contributed by atoms with E-state index in [-0.39, 0.29) is 5.82 Å². The van der Waals surface area contributed by atoms with E-state index >= 15 is 0 Å². The van der Waals surface area contributed by atoms with Crippen molar-refractivity contribution in [2.45, 2.75) is 0 Å². The maximum Gasteiger partial charge on any atom is 0.141 e. The van der Waals surface area contributed by atoms with Gasteiger partial charge in [0.25, 0.3) is 0 Å². The van der Waals surface area contributed by atoms with Gasteiger partial charge in [-0.05, 0) is 12.1 Å². The maximum absolute atomic E-state index is 12.4. The lowest BCUT2D eigenvalue weighted by molar-refractivity contribution is 0.622. The molecule has 0 atom stereocenters. The van der Waals surface area contributed by atoms with Crippen LogP contribution in [-0.4, -0.2) is 11.5 Å². The second-order valence-electron chi connectivity index (χ2n) is 2.23. The van der Waals surface area contributed by atoms with Gasteiger partial charge in [-0.1, -0.05) is 22.5 Å². The van der Waals surface area contributed by atoms with Gasteiger partial charge in [0.05, 0.1) is 6.20 Å². The fraction of sp³-hybridized carbons (Fsp3) is 0.125. The SMILES string of the molecule is C=C(Br)CNc1ccc(F)cn1. The number of nitrogens with zero attached hydrogens (tertiary/aromatic N) is 1. The molecule has 1 heterocycles. The summed E-state index contributed by atoms with van der Waals surface area (Å²) < 4.78 is 13.2. The molecular weight excluding hydrogens is 223 g/mol. The summed E-state index contributed by atoms with van der Waals surface area (Å²) in [6.45, 7) is 4.22. The Labute approximate surface area is 78.6 Å². The van der Waals surface area contributed by atoms with E-state index in [1.54, 1.807) is 6.07 Å². The zero-order valence-corrected chi connectivity index (χ0v) is 7.94. The molecule has 0 aliphatic heterocycles. The first-order valence-corrected chi connectivity index (χ1v) is 4.16. The standard InChI is InChI=1S/C8H8BrFN2/c1-6(9)4-11-8-3-2-7(10)5-12-8/h2-3,5H,1,4H2,(H,11,12). The van der Waals surface area contributed by atoms with E-state index in [0.29, 0.717) is 12.4 Å². The van der Waals surface area contributed by atoms with Crippen LogP contribution in [0.1, 0.15) is 0 Å². The van der Waals surface area contributed by atoms with Gasteiger partial charge in [-0.25, -0.2) is 9.37 Å². The number of anilines is 1. The van der Waals surface area contributed by atoms with E-state index in [2.05, 4.69) is 32.8 Å². The molecular formula is C8H8BrFN2. The van der Waals surface area contributed by atoms with Crippen molar-refractivity contribution in [3.05, 3.63) is 35.2 Å². The van der Waals surface area contributed by atoms with Crippen LogP contribution in [0.2, 0.25) is 0 Å². The van der Waals surface area contributed by atoms with Crippen LogP contribution >= 0.6 is 15.9 Å². The van der Waals surface area contributed by atoms with Crippen LogP contribution in [0, 0.1) is 5.82 Å². The van der Waals surface area contributed by atoms with Gasteiger partial charge in [-0.2, -0.15) is 0 Å². The Hall–Kier alpha value is -0.900. The van der Waals surface area contributed by atoms with Gasteiger partial charge in [0.1, 0.15) is 11.6 Å². The topological polar surface area (TPSA) is 24.9 Å². The molecule has 0 radical (unpaired) electrons. The van der Waals surface area contributed by atoms with Crippen molar-refractivity contribution in [2.24, 2.45) is 0 Å². The molecule has 0 spiro atoms. The number of nitrogens with one attached hydrogen (secondary N) is 1. The predicted molar refractivity (Wildman–Crippen MR) is 50.8 cm³/mol. The number of hydrogen-bond donors (Lipinski definition) is 1. The molecule has 0 saturated heterocycles. The van der Waals surface area contributed by atoms with Crippen LogP contribution in [0.4, 0.5) is 10.2 Å².